The molecule has 106 valence electrons. The molecule has 2 N–H and O–H groups in total. The zero-order valence-electron chi connectivity index (χ0n) is 10.8. The van der Waals surface area contributed by atoms with Crippen molar-refractivity contribution in [3.8, 4) is 5.95 Å². The number of aliphatic hydroxyl groups is 1. The first-order valence-corrected chi connectivity index (χ1v) is 6.88. The van der Waals surface area contributed by atoms with Crippen LogP contribution in [0.5, 0.6) is 0 Å². The fourth-order valence-electron chi connectivity index (χ4n) is 2.50. The fourth-order valence-corrected chi connectivity index (χ4v) is 2.66. The minimum absolute atomic E-state index is 0.0523. The van der Waals surface area contributed by atoms with Crippen LogP contribution in [0.2, 0.25) is 5.28 Å². The molecule has 1 fully saturated rings. The van der Waals surface area contributed by atoms with Crippen LogP contribution in [0.3, 0.4) is 0 Å². The van der Waals surface area contributed by atoms with E-state index in [0.717, 1.165) is 25.7 Å². The lowest BCUT2D eigenvalue weighted by Gasteiger charge is -2.27. The number of halogens is 1. The average Bonchev–Trinajstić information content (AvgIpc) is 3.09. The quantitative estimate of drug-likeness (QED) is 0.887. The molecule has 3 rings (SSSR count). The Bertz CT molecular complexity index is 582. The summed E-state index contributed by atoms with van der Waals surface area (Å²) in [5, 5.41) is 12.9. The van der Waals surface area contributed by atoms with Crippen molar-refractivity contribution in [2.45, 2.75) is 31.2 Å². The number of rotatable bonds is 4. The maximum absolute atomic E-state index is 9.62. The van der Waals surface area contributed by atoms with Gasteiger partial charge in [-0.05, 0) is 24.4 Å². The minimum Gasteiger partial charge on any atom is -0.394 e. The van der Waals surface area contributed by atoms with Crippen LogP contribution < -0.4 is 5.32 Å². The highest BCUT2D eigenvalue weighted by Gasteiger charge is 2.34. The van der Waals surface area contributed by atoms with Gasteiger partial charge in [-0.2, -0.15) is 15.0 Å². The molecule has 0 saturated heterocycles. The Morgan fingerprint density at radius 2 is 2.10 bits per heavy atom. The van der Waals surface area contributed by atoms with E-state index in [1.165, 1.54) is 0 Å². The van der Waals surface area contributed by atoms with Gasteiger partial charge in [-0.1, -0.05) is 12.8 Å². The molecule has 0 unspecified atom stereocenters. The first-order valence-electron chi connectivity index (χ1n) is 6.50. The lowest BCUT2D eigenvalue weighted by Crippen LogP contribution is -2.39. The molecule has 0 radical (unpaired) electrons. The van der Waals surface area contributed by atoms with Gasteiger partial charge in [-0.15, -0.1) is 0 Å². The van der Waals surface area contributed by atoms with Gasteiger partial charge >= 0.3 is 0 Å². The molecule has 7 nitrogen and oxygen atoms in total. The monoisotopic (exact) mass is 294 g/mol. The number of aromatic nitrogens is 5. The molecule has 0 aromatic carbocycles. The van der Waals surface area contributed by atoms with E-state index in [-0.39, 0.29) is 17.4 Å². The summed E-state index contributed by atoms with van der Waals surface area (Å²) in [6.07, 6.45) is 8.92. The van der Waals surface area contributed by atoms with Crippen LogP contribution in [0.25, 0.3) is 5.95 Å². The van der Waals surface area contributed by atoms with Gasteiger partial charge in [0.25, 0.3) is 0 Å². The summed E-state index contributed by atoms with van der Waals surface area (Å²) in [7, 11) is 0. The number of nitrogens with one attached hydrogen (secondary N) is 1. The highest BCUT2D eigenvalue weighted by Crippen LogP contribution is 2.32. The summed E-state index contributed by atoms with van der Waals surface area (Å²) in [6, 6.07) is 0. The smallest absolute Gasteiger partial charge is 0.241 e. The molecular formula is C12H15ClN6O. The van der Waals surface area contributed by atoms with Gasteiger partial charge in [0, 0.05) is 12.4 Å². The van der Waals surface area contributed by atoms with E-state index in [1.807, 2.05) is 0 Å². The van der Waals surface area contributed by atoms with Gasteiger partial charge in [0.05, 0.1) is 12.1 Å². The second kappa shape index (κ2) is 5.34. The average molecular weight is 295 g/mol. The molecule has 0 atom stereocenters. The third kappa shape index (κ3) is 2.59. The predicted molar refractivity (Wildman–Crippen MR) is 73.9 cm³/mol. The number of anilines is 1. The van der Waals surface area contributed by atoms with Crippen molar-refractivity contribution in [1.82, 2.24) is 24.5 Å². The second-order valence-corrected chi connectivity index (χ2v) is 5.31. The Labute approximate surface area is 121 Å². The molecule has 2 aromatic heterocycles. The number of imidazole rings is 1. The maximum atomic E-state index is 9.62. The summed E-state index contributed by atoms with van der Waals surface area (Å²) < 4.78 is 1.65. The molecular weight excluding hydrogens is 280 g/mol. The van der Waals surface area contributed by atoms with E-state index in [2.05, 4.69) is 25.3 Å². The molecule has 1 aliphatic rings. The zero-order chi connectivity index (χ0) is 14.0. The fraction of sp³-hybridized carbons (Fsp3) is 0.500. The summed E-state index contributed by atoms with van der Waals surface area (Å²) >= 11 is 5.94. The Morgan fingerprint density at radius 1 is 1.30 bits per heavy atom. The lowest BCUT2D eigenvalue weighted by molar-refractivity contribution is 0.213. The van der Waals surface area contributed by atoms with Crippen molar-refractivity contribution in [2.24, 2.45) is 0 Å². The van der Waals surface area contributed by atoms with Crippen LogP contribution in [0.15, 0.2) is 18.7 Å². The van der Waals surface area contributed by atoms with Crippen LogP contribution in [0.1, 0.15) is 25.7 Å². The van der Waals surface area contributed by atoms with Crippen LogP contribution >= 0.6 is 11.6 Å². The van der Waals surface area contributed by atoms with Crippen molar-refractivity contribution < 1.29 is 5.11 Å². The van der Waals surface area contributed by atoms with Gasteiger partial charge in [0.1, 0.15) is 6.33 Å². The van der Waals surface area contributed by atoms with Crippen molar-refractivity contribution in [3.63, 3.8) is 0 Å². The van der Waals surface area contributed by atoms with Crippen LogP contribution in [-0.4, -0.2) is 41.8 Å². The normalized spacial score (nSPS) is 17.3. The SMILES string of the molecule is OCC1(Nc2nc(Cl)nc(-n3ccnc3)n2)CCCC1. The molecule has 2 aromatic rings. The number of hydrogen-bond acceptors (Lipinski definition) is 6. The highest BCUT2D eigenvalue weighted by molar-refractivity contribution is 6.28. The molecule has 0 aliphatic heterocycles. The molecule has 1 saturated carbocycles. The summed E-state index contributed by atoms with van der Waals surface area (Å²) in [6.45, 7) is 0.0523. The molecule has 2 heterocycles. The Balaban J connectivity index is 1.90. The van der Waals surface area contributed by atoms with E-state index in [0.29, 0.717) is 11.9 Å². The van der Waals surface area contributed by atoms with Gasteiger partial charge in [-0.25, -0.2) is 4.98 Å². The van der Waals surface area contributed by atoms with E-state index in [9.17, 15) is 5.11 Å². The van der Waals surface area contributed by atoms with Crippen LogP contribution in [-0.2, 0) is 0 Å². The van der Waals surface area contributed by atoms with E-state index >= 15 is 0 Å². The van der Waals surface area contributed by atoms with E-state index in [4.69, 9.17) is 11.6 Å². The number of aliphatic hydroxyl groups excluding tert-OH is 1. The first kappa shape index (κ1) is 13.3. The molecule has 0 amide bonds. The number of nitrogens with zero attached hydrogens (tertiary/aromatic N) is 5. The summed E-state index contributed by atoms with van der Waals surface area (Å²) in [5.74, 6) is 0.778. The molecule has 1 aliphatic carbocycles. The Hall–Kier alpha value is -1.73. The van der Waals surface area contributed by atoms with Crippen LogP contribution in [0.4, 0.5) is 5.95 Å². The van der Waals surface area contributed by atoms with Crippen molar-refractivity contribution in [2.75, 3.05) is 11.9 Å². The summed E-state index contributed by atoms with van der Waals surface area (Å²) in [5.41, 5.74) is -0.350. The van der Waals surface area contributed by atoms with Gasteiger partial charge in [0.2, 0.25) is 17.2 Å². The number of hydrogen-bond donors (Lipinski definition) is 2. The van der Waals surface area contributed by atoms with E-state index < -0.39 is 0 Å². The Kier molecular flexibility index (Phi) is 3.54. The van der Waals surface area contributed by atoms with Crippen molar-refractivity contribution in [3.05, 3.63) is 24.0 Å². The first-order chi connectivity index (χ1) is 9.71. The molecule has 8 heteroatoms. The Morgan fingerprint density at radius 3 is 2.75 bits per heavy atom. The van der Waals surface area contributed by atoms with Gasteiger partial charge < -0.3 is 10.4 Å². The molecule has 0 spiro atoms. The maximum Gasteiger partial charge on any atom is 0.241 e. The predicted octanol–water partition coefficient (Wildman–Crippen LogP) is 1.43. The molecule has 0 bridgehead atoms. The van der Waals surface area contributed by atoms with Crippen LogP contribution in [0, 0.1) is 0 Å². The second-order valence-electron chi connectivity index (χ2n) is 4.97. The van der Waals surface area contributed by atoms with Gasteiger partial charge in [-0.3, -0.25) is 4.57 Å². The highest BCUT2D eigenvalue weighted by atomic mass is 35.5. The van der Waals surface area contributed by atoms with Gasteiger partial charge in [0.15, 0.2) is 0 Å². The minimum atomic E-state index is -0.350. The van der Waals surface area contributed by atoms with Crippen molar-refractivity contribution in [1.29, 1.82) is 0 Å². The van der Waals surface area contributed by atoms with Crippen molar-refractivity contribution >= 4 is 17.5 Å². The lowest BCUT2D eigenvalue weighted by atomic mass is 9.99. The molecule has 20 heavy (non-hydrogen) atoms. The topological polar surface area (TPSA) is 88.8 Å². The third-order valence-electron chi connectivity index (χ3n) is 3.57. The third-order valence-corrected chi connectivity index (χ3v) is 3.74. The zero-order valence-corrected chi connectivity index (χ0v) is 11.6. The largest absolute Gasteiger partial charge is 0.394 e. The van der Waals surface area contributed by atoms with E-state index in [1.54, 1.807) is 23.3 Å². The summed E-state index contributed by atoms with van der Waals surface area (Å²) in [4.78, 5) is 16.4. The standard InChI is InChI=1S/C12H15ClN6O/c13-9-15-10(18-12(7-20)3-1-2-4-12)17-11(16-9)19-6-5-14-8-19/h5-6,8,20H,1-4,7H2,(H,15,16,17,18).